The van der Waals surface area contributed by atoms with E-state index in [1.54, 1.807) is 26.4 Å². The molecular formula is C23H26FN3O4. The second-order valence-corrected chi connectivity index (χ2v) is 7.22. The first kappa shape index (κ1) is 22.4. The van der Waals surface area contributed by atoms with Crippen molar-refractivity contribution in [3.8, 4) is 5.75 Å². The quantitative estimate of drug-likeness (QED) is 0.649. The van der Waals surface area contributed by atoms with Gasteiger partial charge in [-0.25, -0.2) is 9.40 Å². The van der Waals surface area contributed by atoms with E-state index in [0.717, 1.165) is 11.1 Å². The molecular weight excluding hydrogens is 401 g/mol. The van der Waals surface area contributed by atoms with Gasteiger partial charge in [-0.3, -0.25) is 9.59 Å². The molecule has 7 nitrogen and oxygen atoms in total. The summed E-state index contributed by atoms with van der Waals surface area (Å²) >= 11 is 0. The third-order valence-electron chi connectivity index (χ3n) is 5.18. The highest BCUT2D eigenvalue weighted by molar-refractivity contribution is 6.03. The molecule has 2 amide bonds. The Morgan fingerprint density at radius 3 is 2.39 bits per heavy atom. The second kappa shape index (κ2) is 10.2. The summed E-state index contributed by atoms with van der Waals surface area (Å²) in [4.78, 5) is 26.5. The zero-order valence-electron chi connectivity index (χ0n) is 17.9. The summed E-state index contributed by atoms with van der Waals surface area (Å²) in [6, 6.07) is 13.1. The van der Waals surface area contributed by atoms with Crippen LogP contribution in [0.1, 0.15) is 30.5 Å². The smallest absolute Gasteiger partial charge is 0.262 e. The van der Waals surface area contributed by atoms with Crippen molar-refractivity contribution in [1.82, 2.24) is 9.91 Å². The number of carbonyl (C=O) groups is 2. The van der Waals surface area contributed by atoms with Crippen molar-refractivity contribution in [2.75, 3.05) is 33.9 Å². The maximum Gasteiger partial charge on any atom is 0.262 e. The summed E-state index contributed by atoms with van der Waals surface area (Å²) in [6.07, 6.45) is 0.474. The number of nitrogens with zero attached hydrogens (tertiary/aromatic N) is 3. The third kappa shape index (κ3) is 5.46. The van der Waals surface area contributed by atoms with Gasteiger partial charge in [-0.2, -0.15) is 5.10 Å². The number of amides is 2. The van der Waals surface area contributed by atoms with E-state index in [-0.39, 0.29) is 30.2 Å². The number of benzene rings is 2. The van der Waals surface area contributed by atoms with Crippen LogP contribution in [-0.2, 0) is 14.3 Å². The van der Waals surface area contributed by atoms with Crippen molar-refractivity contribution in [3.05, 3.63) is 65.5 Å². The van der Waals surface area contributed by atoms with E-state index in [1.807, 2.05) is 24.3 Å². The highest BCUT2D eigenvalue weighted by Crippen LogP contribution is 2.33. The monoisotopic (exact) mass is 427 g/mol. The van der Waals surface area contributed by atoms with Gasteiger partial charge < -0.3 is 14.4 Å². The number of rotatable bonds is 8. The molecule has 0 aliphatic carbocycles. The topological polar surface area (TPSA) is 71.4 Å². The van der Waals surface area contributed by atoms with E-state index in [4.69, 9.17) is 9.47 Å². The van der Waals surface area contributed by atoms with Crippen molar-refractivity contribution in [1.29, 1.82) is 0 Å². The number of hydrogen-bond acceptors (Lipinski definition) is 5. The number of carbonyl (C=O) groups excluding carboxylic acids is 2. The van der Waals surface area contributed by atoms with Gasteiger partial charge >= 0.3 is 0 Å². The molecule has 31 heavy (non-hydrogen) atoms. The van der Waals surface area contributed by atoms with Crippen molar-refractivity contribution >= 4 is 17.5 Å². The van der Waals surface area contributed by atoms with Crippen LogP contribution in [0.25, 0.3) is 0 Å². The molecule has 2 aromatic rings. The number of methoxy groups -OCH3 is 2. The predicted molar refractivity (Wildman–Crippen MR) is 114 cm³/mol. The fourth-order valence-electron chi connectivity index (χ4n) is 3.43. The van der Waals surface area contributed by atoms with E-state index in [9.17, 15) is 14.0 Å². The zero-order chi connectivity index (χ0) is 22.4. The van der Waals surface area contributed by atoms with Crippen LogP contribution in [0.5, 0.6) is 5.75 Å². The van der Waals surface area contributed by atoms with Gasteiger partial charge in [0.15, 0.2) is 0 Å². The van der Waals surface area contributed by atoms with E-state index in [0.29, 0.717) is 31.0 Å². The van der Waals surface area contributed by atoms with E-state index < -0.39 is 0 Å². The molecule has 2 aromatic carbocycles. The van der Waals surface area contributed by atoms with Crippen molar-refractivity contribution in [2.45, 2.75) is 19.4 Å². The van der Waals surface area contributed by atoms with Crippen LogP contribution in [0.3, 0.4) is 0 Å². The first-order chi connectivity index (χ1) is 14.9. The van der Waals surface area contributed by atoms with Crippen molar-refractivity contribution in [3.63, 3.8) is 0 Å². The number of ether oxygens (including phenoxy) is 2. The molecule has 0 aromatic heterocycles. The molecule has 1 unspecified atom stereocenters. The van der Waals surface area contributed by atoms with E-state index in [1.165, 1.54) is 29.0 Å². The van der Waals surface area contributed by atoms with Crippen LogP contribution in [-0.4, -0.2) is 61.4 Å². The maximum absolute atomic E-state index is 13.3. The fraction of sp³-hybridized carbons (Fsp3) is 0.348. The first-order valence-electron chi connectivity index (χ1n) is 9.96. The van der Waals surface area contributed by atoms with Gasteiger partial charge in [0.1, 0.15) is 18.1 Å². The lowest BCUT2D eigenvalue weighted by molar-refractivity contribution is -0.141. The standard InChI is InChI=1S/C23H26FN3O4/c1-16(28)26(12-13-30-2)15-23(29)27-22(18-6-10-20(31-3)11-7-18)14-21(25-27)17-4-8-19(24)9-5-17/h4-11,22H,12-15H2,1-3H3. The Kier molecular flexibility index (Phi) is 7.36. The van der Waals surface area contributed by atoms with Gasteiger partial charge in [0.25, 0.3) is 5.91 Å². The Bertz CT molecular complexity index is 944. The van der Waals surface area contributed by atoms with Gasteiger partial charge in [-0.15, -0.1) is 0 Å². The summed E-state index contributed by atoms with van der Waals surface area (Å²) in [5.41, 5.74) is 2.32. The lowest BCUT2D eigenvalue weighted by atomic mass is 9.98. The average Bonchev–Trinajstić information content (AvgIpc) is 3.22. The molecule has 1 atom stereocenters. The largest absolute Gasteiger partial charge is 0.497 e. The molecule has 0 radical (unpaired) electrons. The minimum atomic E-state index is -0.338. The molecule has 1 aliphatic rings. The van der Waals surface area contributed by atoms with Crippen molar-refractivity contribution < 1.29 is 23.5 Å². The predicted octanol–water partition coefficient (Wildman–Crippen LogP) is 3.01. The Hall–Kier alpha value is -3.26. The summed E-state index contributed by atoms with van der Waals surface area (Å²) in [5.74, 6) is -0.142. The van der Waals surface area contributed by atoms with E-state index in [2.05, 4.69) is 5.10 Å². The lowest BCUT2D eigenvalue weighted by Gasteiger charge is -2.26. The Morgan fingerprint density at radius 2 is 1.81 bits per heavy atom. The Labute approximate surface area is 181 Å². The number of halogens is 1. The third-order valence-corrected chi connectivity index (χ3v) is 5.18. The summed E-state index contributed by atoms with van der Waals surface area (Å²) in [6.45, 7) is 1.96. The molecule has 8 heteroatoms. The lowest BCUT2D eigenvalue weighted by Crippen LogP contribution is -2.41. The van der Waals surface area contributed by atoms with Crippen LogP contribution in [0, 0.1) is 5.82 Å². The fourth-order valence-corrected chi connectivity index (χ4v) is 3.43. The van der Waals surface area contributed by atoms with Gasteiger partial charge in [0.05, 0.1) is 25.5 Å². The molecule has 0 spiro atoms. The van der Waals surface area contributed by atoms with Crippen LogP contribution in [0.2, 0.25) is 0 Å². The second-order valence-electron chi connectivity index (χ2n) is 7.22. The minimum Gasteiger partial charge on any atom is -0.497 e. The highest BCUT2D eigenvalue weighted by Gasteiger charge is 2.34. The normalized spacial score (nSPS) is 15.5. The highest BCUT2D eigenvalue weighted by atomic mass is 19.1. The van der Waals surface area contributed by atoms with Crippen LogP contribution >= 0.6 is 0 Å². The van der Waals surface area contributed by atoms with Gasteiger partial charge in [0, 0.05) is 27.0 Å². The molecule has 0 saturated heterocycles. The molecule has 0 saturated carbocycles. The molecule has 0 bridgehead atoms. The summed E-state index contributed by atoms with van der Waals surface area (Å²) in [5, 5.41) is 5.98. The van der Waals surface area contributed by atoms with Gasteiger partial charge in [-0.05, 0) is 35.4 Å². The van der Waals surface area contributed by atoms with E-state index >= 15 is 0 Å². The SMILES string of the molecule is COCCN(CC(=O)N1N=C(c2ccc(F)cc2)CC1c1ccc(OC)cc1)C(C)=O. The maximum atomic E-state index is 13.3. The minimum absolute atomic E-state index is 0.106. The summed E-state index contributed by atoms with van der Waals surface area (Å²) < 4.78 is 23.6. The molecule has 1 aliphatic heterocycles. The number of hydrogen-bond donors (Lipinski definition) is 0. The molecule has 3 rings (SSSR count). The van der Waals surface area contributed by atoms with Crippen LogP contribution < -0.4 is 4.74 Å². The number of hydrazone groups is 1. The molecule has 0 fully saturated rings. The zero-order valence-corrected chi connectivity index (χ0v) is 17.9. The van der Waals surface area contributed by atoms with Crippen LogP contribution in [0.15, 0.2) is 53.6 Å². The van der Waals surface area contributed by atoms with Crippen molar-refractivity contribution in [2.24, 2.45) is 5.10 Å². The van der Waals surface area contributed by atoms with Gasteiger partial charge in [0.2, 0.25) is 5.91 Å². The Morgan fingerprint density at radius 1 is 1.13 bits per heavy atom. The summed E-state index contributed by atoms with van der Waals surface area (Å²) in [7, 11) is 3.13. The molecule has 164 valence electrons. The molecule has 1 heterocycles. The van der Waals surface area contributed by atoms with Crippen LogP contribution in [0.4, 0.5) is 4.39 Å². The first-order valence-corrected chi connectivity index (χ1v) is 9.96. The van der Waals surface area contributed by atoms with Gasteiger partial charge in [-0.1, -0.05) is 24.3 Å². The Balaban J connectivity index is 1.88. The average molecular weight is 427 g/mol. The molecule has 0 N–H and O–H groups in total.